The molecule has 3 heterocycles. The summed E-state index contributed by atoms with van der Waals surface area (Å²) < 4.78 is 1.65. The van der Waals surface area contributed by atoms with Crippen LogP contribution in [0.15, 0.2) is 34.6 Å². The number of fused-ring (bicyclic) bond motifs is 2. The minimum Gasteiger partial charge on any atom is -0.504 e. The third-order valence-corrected chi connectivity index (χ3v) is 7.43. The van der Waals surface area contributed by atoms with Crippen molar-refractivity contribution in [2.75, 3.05) is 13.1 Å². The average molecular weight is 398 g/mol. The Balaban J connectivity index is 1.39. The van der Waals surface area contributed by atoms with E-state index in [0.29, 0.717) is 17.8 Å². The second-order valence-electron chi connectivity index (χ2n) is 8.12. The quantitative estimate of drug-likeness (QED) is 0.663. The van der Waals surface area contributed by atoms with Crippen LogP contribution in [0, 0.1) is 18.8 Å². The molecule has 1 saturated carbocycles. The van der Waals surface area contributed by atoms with E-state index in [1.165, 1.54) is 11.3 Å². The standard InChI is InChI=1S/C21H23N3O3S/c1-11-19(20(27)24-5-6-28-21(24)22-11)12(2)23-9-14-7-15(16(14)10-23)13-3-4-17(25)18(26)8-13/h3-6,8,12,14-16,25-26H,7,9-10H2,1-2H3. The molecule has 1 saturated heterocycles. The van der Waals surface area contributed by atoms with E-state index < -0.39 is 0 Å². The zero-order valence-corrected chi connectivity index (χ0v) is 16.7. The van der Waals surface area contributed by atoms with Crippen LogP contribution in [0.25, 0.3) is 4.96 Å². The fourth-order valence-electron chi connectivity index (χ4n) is 5.07. The number of thiazole rings is 1. The highest BCUT2D eigenvalue weighted by molar-refractivity contribution is 7.15. The van der Waals surface area contributed by atoms with Crippen LogP contribution in [-0.2, 0) is 0 Å². The lowest BCUT2D eigenvalue weighted by atomic mass is 9.64. The van der Waals surface area contributed by atoms with E-state index >= 15 is 0 Å². The van der Waals surface area contributed by atoms with Crippen molar-refractivity contribution in [3.63, 3.8) is 0 Å². The van der Waals surface area contributed by atoms with Gasteiger partial charge in [0, 0.05) is 30.7 Å². The molecule has 2 N–H and O–H groups in total. The molecule has 7 heteroatoms. The minimum atomic E-state index is -0.0754. The number of hydrogen-bond acceptors (Lipinski definition) is 6. The molecule has 3 aromatic rings. The van der Waals surface area contributed by atoms with Crippen LogP contribution in [0.1, 0.15) is 42.1 Å². The smallest absolute Gasteiger partial charge is 0.263 e. The van der Waals surface area contributed by atoms with E-state index in [1.54, 1.807) is 22.7 Å². The maximum atomic E-state index is 13.0. The fourth-order valence-corrected chi connectivity index (χ4v) is 5.82. The zero-order chi connectivity index (χ0) is 19.6. The summed E-state index contributed by atoms with van der Waals surface area (Å²) in [6.07, 6.45) is 2.88. The van der Waals surface area contributed by atoms with Crippen molar-refractivity contribution >= 4 is 16.3 Å². The van der Waals surface area contributed by atoms with Gasteiger partial charge >= 0.3 is 0 Å². The number of phenols is 2. The first-order chi connectivity index (χ1) is 13.4. The first-order valence-electron chi connectivity index (χ1n) is 9.66. The second kappa shape index (κ2) is 6.32. The van der Waals surface area contributed by atoms with Crippen LogP contribution in [0.2, 0.25) is 0 Å². The predicted molar refractivity (Wildman–Crippen MR) is 108 cm³/mol. The molecular formula is C21H23N3O3S. The molecule has 0 bridgehead atoms. The first-order valence-corrected chi connectivity index (χ1v) is 10.5. The van der Waals surface area contributed by atoms with Gasteiger partial charge in [-0.2, -0.15) is 0 Å². The van der Waals surface area contributed by atoms with E-state index in [4.69, 9.17) is 0 Å². The lowest BCUT2D eigenvalue weighted by molar-refractivity contribution is 0.190. The van der Waals surface area contributed by atoms with Gasteiger partial charge in [-0.1, -0.05) is 6.07 Å². The largest absolute Gasteiger partial charge is 0.504 e. The van der Waals surface area contributed by atoms with Crippen molar-refractivity contribution in [3.05, 3.63) is 57.0 Å². The van der Waals surface area contributed by atoms with Crippen molar-refractivity contribution in [2.24, 2.45) is 11.8 Å². The van der Waals surface area contributed by atoms with Gasteiger partial charge in [0.25, 0.3) is 5.56 Å². The molecule has 2 aliphatic rings. The Bertz CT molecular complexity index is 1120. The third kappa shape index (κ3) is 2.57. The average Bonchev–Trinajstić information content (AvgIpc) is 3.23. The van der Waals surface area contributed by atoms with Crippen LogP contribution in [-0.4, -0.2) is 37.6 Å². The molecule has 6 nitrogen and oxygen atoms in total. The number of aromatic nitrogens is 2. The number of nitrogens with zero attached hydrogens (tertiary/aromatic N) is 3. The number of likely N-dealkylation sites (tertiary alicyclic amines) is 1. The van der Waals surface area contributed by atoms with Gasteiger partial charge in [-0.15, -0.1) is 11.3 Å². The Labute approximate surface area is 166 Å². The molecule has 1 aromatic carbocycles. The van der Waals surface area contributed by atoms with E-state index in [0.717, 1.165) is 41.3 Å². The van der Waals surface area contributed by atoms with Gasteiger partial charge < -0.3 is 10.2 Å². The maximum absolute atomic E-state index is 13.0. The number of phenolic OH excluding ortho intramolecular Hbond substituents is 2. The summed E-state index contributed by atoms with van der Waals surface area (Å²) in [5.41, 5.74) is 2.73. The van der Waals surface area contributed by atoms with E-state index in [9.17, 15) is 15.0 Å². The van der Waals surface area contributed by atoms with Gasteiger partial charge in [0.1, 0.15) is 0 Å². The molecule has 0 amide bonds. The summed E-state index contributed by atoms with van der Waals surface area (Å²) in [4.78, 5) is 20.8. The lowest BCUT2D eigenvalue weighted by Crippen LogP contribution is -2.33. The summed E-state index contributed by atoms with van der Waals surface area (Å²) in [5, 5.41) is 21.3. The van der Waals surface area contributed by atoms with E-state index in [2.05, 4.69) is 16.8 Å². The predicted octanol–water partition coefficient (Wildman–Crippen LogP) is 3.27. The summed E-state index contributed by atoms with van der Waals surface area (Å²) in [6, 6.07) is 5.19. The number of aryl methyl sites for hydroxylation is 1. The van der Waals surface area contributed by atoms with Crippen molar-refractivity contribution in [1.82, 2.24) is 14.3 Å². The van der Waals surface area contributed by atoms with Crippen molar-refractivity contribution in [3.8, 4) is 11.5 Å². The minimum absolute atomic E-state index is 0.0243. The van der Waals surface area contributed by atoms with Crippen molar-refractivity contribution in [2.45, 2.75) is 32.2 Å². The van der Waals surface area contributed by atoms with Gasteiger partial charge in [0.05, 0.1) is 11.3 Å². The monoisotopic (exact) mass is 397 g/mol. The summed E-state index contributed by atoms with van der Waals surface area (Å²) in [5.74, 6) is 1.40. The van der Waals surface area contributed by atoms with Crippen LogP contribution >= 0.6 is 11.3 Å². The highest BCUT2D eigenvalue weighted by atomic mass is 32.1. The number of rotatable bonds is 3. The molecule has 0 spiro atoms. The number of hydrogen-bond donors (Lipinski definition) is 2. The molecule has 0 radical (unpaired) electrons. The van der Waals surface area contributed by atoms with Crippen LogP contribution in [0.5, 0.6) is 11.5 Å². The lowest BCUT2D eigenvalue weighted by Gasteiger charge is -2.40. The molecule has 146 valence electrons. The summed E-state index contributed by atoms with van der Waals surface area (Å²) in [7, 11) is 0. The summed E-state index contributed by atoms with van der Waals surface area (Å²) in [6.45, 7) is 5.96. The van der Waals surface area contributed by atoms with Crippen LogP contribution < -0.4 is 5.56 Å². The zero-order valence-electron chi connectivity index (χ0n) is 15.9. The van der Waals surface area contributed by atoms with Gasteiger partial charge in [0.15, 0.2) is 16.5 Å². The molecular weight excluding hydrogens is 374 g/mol. The molecule has 5 rings (SSSR count). The molecule has 1 aliphatic heterocycles. The van der Waals surface area contributed by atoms with Crippen LogP contribution in [0.4, 0.5) is 0 Å². The number of aromatic hydroxyl groups is 2. The molecule has 4 unspecified atom stereocenters. The fraction of sp³-hybridized carbons (Fsp3) is 0.429. The van der Waals surface area contributed by atoms with Gasteiger partial charge in [-0.25, -0.2) is 4.98 Å². The SMILES string of the molecule is Cc1nc2sccn2c(=O)c1C(C)N1CC2CC(c3ccc(O)c(O)c3)C2C1. The Kier molecular flexibility index (Phi) is 4.00. The van der Waals surface area contributed by atoms with E-state index in [-0.39, 0.29) is 23.1 Å². The Morgan fingerprint density at radius 3 is 2.86 bits per heavy atom. The topological polar surface area (TPSA) is 78.1 Å². The molecule has 4 atom stereocenters. The molecule has 28 heavy (non-hydrogen) atoms. The Morgan fingerprint density at radius 1 is 1.25 bits per heavy atom. The third-order valence-electron chi connectivity index (χ3n) is 6.68. The second-order valence-corrected chi connectivity index (χ2v) is 8.99. The number of benzene rings is 1. The Hall–Kier alpha value is -2.38. The summed E-state index contributed by atoms with van der Waals surface area (Å²) >= 11 is 1.48. The van der Waals surface area contributed by atoms with Gasteiger partial charge in [-0.05, 0) is 55.7 Å². The van der Waals surface area contributed by atoms with Crippen molar-refractivity contribution in [1.29, 1.82) is 0 Å². The normalized spacial score (nSPS) is 25.6. The highest BCUT2D eigenvalue weighted by Gasteiger charge is 2.48. The molecule has 2 aromatic heterocycles. The van der Waals surface area contributed by atoms with Crippen molar-refractivity contribution < 1.29 is 10.2 Å². The Morgan fingerprint density at radius 2 is 2.07 bits per heavy atom. The van der Waals surface area contributed by atoms with Gasteiger partial charge in [0.2, 0.25) is 0 Å². The molecule has 1 aliphatic carbocycles. The molecule has 2 fully saturated rings. The van der Waals surface area contributed by atoms with Gasteiger partial charge in [-0.3, -0.25) is 14.1 Å². The maximum Gasteiger partial charge on any atom is 0.263 e. The highest BCUT2D eigenvalue weighted by Crippen LogP contribution is 2.53. The van der Waals surface area contributed by atoms with E-state index in [1.807, 2.05) is 18.4 Å². The van der Waals surface area contributed by atoms with Crippen LogP contribution in [0.3, 0.4) is 0 Å². The first kappa shape index (κ1) is 17.7.